The molecule has 2 heterocycles. The van der Waals surface area contributed by atoms with Crippen molar-refractivity contribution in [2.75, 3.05) is 11.6 Å². The Morgan fingerprint density at radius 2 is 2.25 bits per heavy atom. The molecule has 2 amide bonds. The zero-order valence-corrected chi connectivity index (χ0v) is 9.33. The molecule has 2 rings (SSSR count). The number of carbonyl (C=O) groups excluding carboxylic acids is 2. The molecule has 0 unspecified atom stereocenters. The van der Waals surface area contributed by atoms with E-state index in [1.165, 1.54) is 16.7 Å². The summed E-state index contributed by atoms with van der Waals surface area (Å²) in [4.78, 5) is 35.8. The van der Waals surface area contributed by atoms with Crippen LogP contribution in [0.5, 0.6) is 0 Å². The molecular weight excluding hydrogens is 232 g/mol. The lowest BCUT2D eigenvalue weighted by Crippen LogP contribution is -2.54. The summed E-state index contributed by atoms with van der Waals surface area (Å²) in [6.07, 6.45) is 0.335. The second-order valence-corrected chi connectivity index (χ2v) is 4.82. The first-order chi connectivity index (χ1) is 7.59. The first kappa shape index (κ1) is 11.3. The van der Waals surface area contributed by atoms with Crippen molar-refractivity contribution in [3.05, 3.63) is 0 Å². The van der Waals surface area contributed by atoms with Crippen LogP contribution in [-0.2, 0) is 14.4 Å². The monoisotopic (exact) mass is 244 g/mol. The minimum atomic E-state index is -1.08. The van der Waals surface area contributed by atoms with E-state index in [4.69, 9.17) is 5.11 Å². The molecule has 2 N–H and O–H groups in total. The molecule has 0 spiro atoms. The van der Waals surface area contributed by atoms with Gasteiger partial charge in [-0.15, -0.1) is 11.8 Å². The van der Waals surface area contributed by atoms with Gasteiger partial charge in [0.2, 0.25) is 11.8 Å². The van der Waals surface area contributed by atoms with Crippen molar-refractivity contribution in [3.63, 3.8) is 0 Å². The predicted octanol–water partition coefficient (Wildman–Crippen LogP) is -0.749. The molecule has 0 aromatic heterocycles. The molecule has 2 aliphatic rings. The van der Waals surface area contributed by atoms with Crippen molar-refractivity contribution in [3.8, 4) is 0 Å². The van der Waals surface area contributed by atoms with Gasteiger partial charge < -0.3 is 15.3 Å². The van der Waals surface area contributed by atoms with Gasteiger partial charge in [-0.3, -0.25) is 9.59 Å². The van der Waals surface area contributed by atoms with Crippen LogP contribution < -0.4 is 5.32 Å². The van der Waals surface area contributed by atoms with Crippen LogP contribution in [0.1, 0.15) is 12.8 Å². The fourth-order valence-electron chi connectivity index (χ4n) is 1.84. The van der Waals surface area contributed by atoms with Gasteiger partial charge in [0.1, 0.15) is 12.1 Å². The first-order valence-electron chi connectivity index (χ1n) is 5.00. The highest BCUT2D eigenvalue weighted by atomic mass is 32.2. The fraction of sp³-hybridized carbons (Fsp3) is 0.667. The number of nitrogens with one attached hydrogen (secondary N) is 1. The lowest BCUT2D eigenvalue weighted by atomic mass is 10.1. The SMILES string of the molecule is O=C(O)[C@@H]1CCC(=O)N2CSC[C@H]2C(=O)N1. The maximum Gasteiger partial charge on any atom is 0.326 e. The summed E-state index contributed by atoms with van der Waals surface area (Å²) in [7, 11) is 0. The maximum atomic E-state index is 11.7. The van der Waals surface area contributed by atoms with Crippen molar-refractivity contribution in [2.45, 2.75) is 24.9 Å². The van der Waals surface area contributed by atoms with E-state index >= 15 is 0 Å². The number of nitrogens with zero attached hydrogens (tertiary/aromatic N) is 1. The summed E-state index contributed by atoms with van der Waals surface area (Å²) in [6, 6.07) is -1.44. The van der Waals surface area contributed by atoms with Gasteiger partial charge in [-0.25, -0.2) is 4.79 Å². The van der Waals surface area contributed by atoms with Crippen LogP contribution in [0.15, 0.2) is 0 Å². The third-order valence-corrected chi connectivity index (χ3v) is 3.78. The molecule has 0 saturated carbocycles. The highest BCUT2D eigenvalue weighted by molar-refractivity contribution is 7.99. The number of aliphatic carboxylic acids is 1. The highest BCUT2D eigenvalue weighted by Gasteiger charge is 2.38. The average molecular weight is 244 g/mol. The third-order valence-electron chi connectivity index (χ3n) is 2.77. The van der Waals surface area contributed by atoms with Gasteiger partial charge in [-0.05, 0) is 6.42 Å². The first-order valence-corrected chi connectivity index (χ1v) is 6.15. The molecule has 0 aliphatic carbocycles. The molecule has 7 heteroatoms. The third kappa shape index (κ3) is 1.99. The smallest absolute Gasteiger partial charge is 0.326 e. The molecule has 6 nitrogen and oxygen atoms in total. The zero-order chi connectivity index (χ0) is 11.7. The Hall–Kier alpha value is -1.24. The molecule has 2 fully saturated rings. The second-order valence-electron chi connectivity index (χ2n) is 3.82. The van der Waals surface area contributed by atoms with Crippen LogP contribution in [0.2, 0.25) is 0 Å². The maximum absolute atomic E-state index is 11.7. The van der Waals surface area contributed by atoms with Crippen LogP contribution in [0.25, 0.3) is 0 Å². The average Bonchev–Trinajstić information content (AvgIpc) is 2.69. The second kappa shape index (κ2) is 4.32. The summed E-state index contributed by atoms with van der Waals surface area (Å²) >= 11 is 1.51. The lowest BCUT2D eigenvalue weighted by Gasteiger charge is -2.28. The van der Waals surface area contributed by atoms with Crippen LogP contribution >= 0.6 is 11.8 Å². The number of thioether (sulfide) groups is 1. The van der Waals surface area contributed by atoms with E-state index in [2.05, 4.69) is 5.32 Å². The van der Waals surface area contributed by atoms with Crippen LogP contribution in [0.3, 0.4) is 0 Å². The number of carboxylic acids is 1. The zero-order valence-electron chi connectivity index (χ0n) is 8.51. The summed E-state index contributed by atoms with van der Waals surface area (Å²) in [5.74, 6) is -0.500. The number of amides is 2. The molecule has 2 saturated heterocycles. The Morgan fingerprint density at radius 3 is 2.94 bits per heavy atom. The highest BCUT2D eigenvalue weighted by Crippen LogP contribution is 2.24. The van der Waals surface area contributed by atoms with E-state index in [0.717, 1.165) is 0 Å². The molecule has 2 atom stereocenters. The Bertz CT molecular complexity index is 346. The molecular formula is C9H12N2O4S. The van der Waals surface area contributed by atoms with Crippen molar-refractivity contribution >= 4 is 29.5 Å². The van der Waals surface area contributed by atoms with Crippen LogP contribution in [0, 0.1) is 0 Å². The van der Waals surface area contributed by atoms with Gasteiger partial charge in [0.15, 0.2) is 0 Å². The van der Waals surface area contributed by atoms with E-state index < -0.39 is 18.1 Å². The molecule has 16 heavy (non-hydrogen) atoms. The summed E-state index contributed by atoms with van der Waals surface area (Å²) in [6.45, 7) is 0. The van der Waals surface area contributed by atoms with Crippen molar-refractivity contribution in [2.24, 2.45) is 0 Å². The Labute approximate surface area is 96.4 Å². The van der Waals surface area contributed by atoms with Crippen molar-refractivity contribution in [1.29, 1.82) is 0 Å². The number of fused-ring (bicyclic) bond motifs is 1. The molecule has 2 aliphatic heterocycles. The minimum absolute atomic E-state index is 0.129. The topological polar surface area (TPSA) is 86.7 Å². The van der Waals surface area contributed by atoms with Gasteiger partial charge >= 0.3 is 5.97 Å². The van der Waals surface area contributed by atoms with Gasteiger partial charge in [-0.1, -0.05) is 0 Å². The quantitative estimate of drug-likeness (QED) is 0.634. The number of hydrogen-bond donors (Lipinski definition) is 2. The number of carboxylic acid groups (broad SMARTS) is 1. The van der Waals surface area contributed by atoms with E-state index in [9.17, 15) is 14.4 Å². The van der Waals surface area contributed by atoms with Crippen LogP contribution in [-0.4, -0.2) is 51.5 Å². The Kier molecular flexibility index (Phi) is 3.04. The largest absolute Gasteiger partial charge is 0.480 e. The van der Waals surface area contributed by atoms with E-state index in [1.54, 1.807) is 0 Å². The normalized spacial score (nSPS) is 30.4. The van der Waals surface area contributed by atoms with E-state index in [0.29, 0.717) is 11.6 Å². The molecule has 88 valence electrons. The molecule has 0 aromatic rings. The summed E-state index contributed by atoms with van der Waals surface area (Å²) in [5.41, 5.74) is 0. The van der Waals surface area contributed by atoms with E-state index in [1.807, 2.05) is 0 Å². The summed E-state index contributed by atoms with van der Waals surface area (Å²) < 4.78 is 0. The van der Waals surface area contributed by atoms with Crippen molar-refractivity contribution < 1.29 is 19.5 Å². The fourth-order valence-corrected chi connectivity index (χ4v) is 3.02. The molecule has 0 aromatic carbocycles. The number of carbonyl (C=O) groups is 3. The standard InChI is InChI=1S/C9H12N2O4S/c12-7-2-1-5(9(14)15)10-8(13)6-3-16-4-11(6)7/h5-6H,1-4H2,(H,10,13)(H,14,15)/t5-,6-/m0/s1. The minimum Gasteiger partial charge on any atom is -0.480 e. The van der Waals surface area contributed by atoms with Gasteiger partial charge in [0.05, 0.1) is 5.88 Å². The van der Waals surface area contributed by atoms with Gasteiger partial charge in [0, 0.05) is 12.2 Å². The predicted molar refractivity (Wildman–Crippen MR) is 56.8 cm³/mol. The molecule has 0 bridgehead atoms. The number of hydrogen-bond acceptors (Lipinski definition) is 4. The number of rotatable bonds is 1. The molecule has 0 radical (unpaired) electrons. The van der Waals surface area contributed by atoms with Crippen molar-refractivity contribution in [1.82, 2.24) is 10.2 Å². The lowest BCUT2D eigenvalue weighted by molar-refractivity contribution is -0.146. The Morgan fingerprint density at radius 1 is 1.50 bits per heavy atom. The summed E-state index contributed by atoms with van der Waals surface area (Å²) in [5, 5.41) is 11.3. The van der Waals surface area contributed by atoms with E-state index in [-0.39, 0.29) is 24.7 Å². The van der Waals surface area contributed by atoms with Crippen LogP contribution in [0.4, 0.5) is 0 Å². The van der Waals surface area contributed by atoms with Gasteiger partial charge in [0.25, 0.3) is 0 Å². The Balaban J connectivity index is 2.16. The van der Waals surface area contributed by atoms with Gasteiger partial charge in [-0.2, -0.15) is 0 Å².